The van der Waals surface area contributed by atoms with Crippen LogP contribution in [0.4, 0.5) is 0 Å². The Morgan fingerprint density at radius 1 is 1.19 bits per heavy atom. The lowest BCUT2D eigenvalue weighted by Gasteiger charge is -2.34. The number of amides is 1. The van der Waals surface area contributed by atoms with Gasteiger partial charge in [0.05, 0.1) is 17.9 Å². The quantitative estimate of drug-likeness (QED) is 0.790. The molecule has 1 saturated heterocycles. The molecule has 6 heteroatoms. The highest BCUT2D eigenvalue weighted by molar-refractivity contribution is 5.92. The number of hydrogen-bond acceptors (Lipinski definition) is 4. The van der Waals surface area contributed by atoms with Gasteiger partial charge in [-0.15, -0.1) is 0 Å². The summed E-state index contributed by atoms with van der Waals surface area (Å²) in [6.45, 7) is 4.20. The SMILES string of the molecule is Cc1ccccc1C1CN(C(=O)c2ccn(-c3cccnc3)n2)CCN1. The van der Waals surface area contributed by atoms with Gasteiger partial charge >= 0.3 is 0 Å². The van der Waals surface area contributed by atoms with E-state index < -0.39 is 0 Å². The van der Waals surface area contributed by atoms with E-state index in [0.29, 0.717) is 18.8 Å². The molecule has 0 radical (unpaired) electrons. The van der Waals surface area contributed by atoms with E-state index in [9.17, 15) is 4.79 Å². The Bertz CT molecular complexity index is 905. The molecule has 6 nitrogen and oxygen atoms in total. The lowest BCUT2D eigenvalue weighted by Crippen LogP contribution is -2.48. The molecule has 26 heavy (non-hydrogen) atoms. The van der Waals surface area contributed by atoms with Crippen LogP contribution in [0.25, 0.3) is 5.69 Å². The first-order chi connectivity index (χ1) is 12.7. The van der Waals surface area contributed by atoms with Gasteiger partial charge in [0.15, 0.2) is 5.69 Å². The average molecular weight is 347 g/mol. The van der Waals surface area contributed by atoms with Gasteiger partial charge in [0, 0.05) is 32.0 Å². The minimum absolute atomic E-state index is 0.0345. The summed E-state index contributed by atoms with van der Waals surface area (Å²) in [6, 6.07) is 14.0. The first-order valence-corrected chi connectivity index (χ1v) is 8.76. The van der Waals surface area contributed by atoms with Crippen molar-refractivity contribution in [3.63, 3.8) is 0 Å². The number of nitrogens with one attached hydrogen (secondary N) is 1. The molecule has 3 aromatic rings. The van der Waals surface area contributed by atoms with Crippen molar-refractivity contribution in [3.05, 3.63) is 77.9 Å². The predicted molar refractivity (Wildman–Crippen MR) is 99.2 cm³/mol. The van der Waals surface area contributed by atoms with Crippen LogP contribution in [0.5, 0.6) is 0 Å². The first kappa shape index (κ1) is 16.5. The molecule has 1 aromatic carbocycles. The fourth-order valence-electron chi connectivity index (χ4n) is 3.35. The van der Waals surface area contributed by atoms with Crippen molar-refractivity contribution in [2.45, 2.75) is 13.0 Å². The third-order valence-electron chi connectivity index (χ3n) is 4.75. The van der Waals surface area contributed by atoms with Crippen LogP contribution in [0.15, 0.2) is 61.1 Å². The van der Waals surface area contributed by atoms with Gasteiger partial charge < -0.3 is 10.2 Å². The van der Waals surface area contributed by atoms with E-state index in [4.69, 9.17) is 0 Å². The molecule has 1 amide bonds. The topological polar surface area (TPSA) is 63.1 Å². The number of carbonyl (C=O) groups is 1. The van der Waals surface area contributed by atoms with E-state index in [1.807, 2.05) is 29.2 Å². The standard InChI is InChI=1S/C20H21N5O/c1-15-5-2-3-7-17(15)19-14-24(12-10-22-19)20(26)18-8-11-25(23-18)16-6-4-9-21-13-16/h2-9,11,13,19,22H,10,12,14H2,1H3. The van der Waals surface area contributed by atoms with Crippen LogP contribution >= 0.6 is 0 Å². The van der Waals surface area contributed by atoms with Crippen molar-refractivity contribution in [1.82, 2.24) is 25.0 Å². The predicted octanol–water partition coefficient (Wildman–Crippen LogP) is 2.36. The molecule has 1 N–H and O–H groups in total. The van der Waals surface area contributed by atoms with Crippen molar-refractivity contribution in [1.29, 1.82) is 0 Å². The Labute approximate surface area is 152 Å². The van der Waals surface area contributed by atoms with Crippen LogP contribution in [-0.4, -0.2) is 45.2 Å². The van der Waals surface area contributed by atoms with E-state index >= 15 is 0 Å². The lowest BCUT2D eigenvalue weighted by molar-refractivity contribution is 0.0696. The number of carbonyl (C=O) groups excluding carboxylic acids is 1. The molecule has 0 spiro atoms. The number of rotatable bonds is 3. The molecule has 0 saturated carbocycles. The summed E-state index contributed by atoms with van der Waals surface area (Å²) in [5.41, 5.74) is 3.77. The lowest BCUT2D eigenvalue weighted by atomic mass is 9.99. The first-order valence-electron chi connectivity index (χ1n) is 8.76. The maximum absolute atomic E-state index is 12.9. The third-order valence-corrected chi connectivity index (χ3v) is 4.75. The number of hydrogen-bond donors (Lipinski definition) is 1. The molecule has 1 atom stereocenters. The summed E-state index contributed by atoms with van der Waals surface area (Å²) in [6.07, 6.45) is 5.23. The van der Waals surface area contributed by atoms with Crippen molar-refractivity contribution in [3.8, 4) is 5.69 Å². The van der Waals surface area contributed by atoms with E-state index in [2.05, 4.69) is 34.5 Å². The molecule has 0 aliphatic carbocycles. The highest BCUT2D eigenvalue weighted by Crippen LogP contribution is 2.21. The maximum Gasteiger partial charge on any atom is 0.274 e. The second-order valence-electron chi connectivity index (χ2n) is 6.47. The minimum Gasteiger partial charge on any atom is -0.334 e. The average Bonchev–Trinajstić information content (AvgIpc) is 3.19. The van der Waals surface area contributed by atoms with Crippen LogP contribution in [0.3, 0.4) is 0 Å². The van der Waals surface area contributed by atoms with Gasteiger partial charge in [-0.2, -0.15) is 5.10 Å². The normalized spacial score (nSPS) is 17.3. The smallest absolute Gasteiger partial charge is 0.274 e. The van der Waals surface area contributed by atoms with E-state index in [1.54, 1.807) is 29.3 Å². The molecule has 132 valence electrons. The number of aryl methyl sites for hydroxylation is 1. The Morgan fingerprint density at radius 3 is 2.88 bits per heavy atom. The molecular weight excluding hydrogens is 326 g/mol. The Balaban J connectivity index is 1.51. The van der Waals surface area contributed by atoms with Gasteiger partial charge in [-0.1, -0.05) is 24.3 Å². The molecule has 1 aliphatic rings. The Kier molecular flexibility index (Phi) is 4.50. The summed E-state index contributed by atoms with van der Waals surface area (Å²) >= 11 is 0. The monoisotopic (exact) mass is 347 g/mol. The van der Waals surface area contributed by atoms with Gasteiger partial charge in [0.2, 0.25) is 0 Å². The summed E-state index contributed by atoms with van der Waals surface area (Å²) in [5, 5.41) is 7.95. The molecule has 0 bridgehead atoms. The molecular formula is C20H21N5O. The fourth-order valence-corrected chi connectivity index (χ4v) is 3.35. The number of benzene rings is 1. The highest BCUT2D eigenvalue weighted by Gasteiger charge is 2.27. The summed E-state index contributed by atoms with van der Waals surface area (Å²) in [5.74, 6) is -0.0345. The molecule has 1 fully saturated rings. The molecule has 1 unspecified atom stereocenters. The van der Waals surface area contributed by atoms with Gasteiger partial charge in [-0.05, 0) is 36.2 Å². The fraction of sp³-hybridized carbons (Fsp3) is 0.250. The van der Waals surface area contributed by atoms with Crippen LogP contribution < -0.4 is 5.32 Å². The zero-order valence-electron chi connectivity index (χ0n) is 14.7. The number of piperazine rings is 1. The van der Waals surface area contributed by atoms with Crippen LogP contribution in [0.1, 0.15) is 27.7 Å². The maximum atomic E-state index is 12.9. The molecule has 1 aliphatic heterocycles. The zero-order chi connectivity index (χ0) is 17.9. The van der Waals surface area contributed by atoms with Gasteiger partial charge in [0.25, 0.3) is 5.91 Å². The summed E-state index contributed by atoms with van der Waals surface area (Å²) < 4.78 is 1.68. The number of pyridine rings is 1. The second kappa shape index (κ2) is 7.09. The van der Waals surface area contributed by atoms with E-state index in [-0.39, 0.29) is 11.9 Å². The van der Waals surface area contributed by atoms with Crippen molar-refractivity contribution < 1.29 is 4.79 Å². The second-order valence-corrected chi connectivity index (χ2v) is 6.47. The highest BCUT2D eigenvalue weighted by atomic mass is 16.2. The summed E-state index contributed by atoms with van der Waals surface area (Å²) in [7, 11) is 0. The molecule has 3 heterocycles. The number of nitrogens with zero attached hydrogens (tertiary/aromatic N) is 4. The van der Waals surface area contributed by atoms with E-state index in [1.165, 1.54) is 11.1 Å². The molecule has 4 rings (SSSR count). The zero-order valence-corrected chi connectivity index (χ0v) is 14.7. The van der Waals surface area contributed by atoms with Crippen molar-refractivity contribution >= 4 is 5.91 Å². The van der Waals surface area contributed by atoms with Crippen LogP contribution in [0, 0.1) is 6.92 Å². The van der Waals surface area contributed by atoms with Crippen molar-refractivity contribution in [2.24, 2.45) is 0 Å². The van der Waals surface area contributed by atoms with Crippen LogP contribution in [0.2, 0.25) is 0 Å². The summed E-state index contributed by atoms with van der Waals surface area (Å²) in [4.78, 5) is 18.9. The number of aromatic nitrogens is 3. The third kappa shape index (κ3) is 3.23. The largest absolute Gasteiger partial charge is 0.334 e. The molecule has 2 aromatic heterocycles. The Hall–Kier alpha value is -2.99. The van der Waals surface area contributed by atoms with E-state index in [0.717, 1.165) is 12.2 Å². The van der Waals surface area contributed by atoms with Gasteiger partial charge in [-0.25, -0.2) is 4.68 Å². The Morgan fingerprint density at radius 2 is 2.08 bits per heavy atom. The van der Waals surface area contributed by atoms with Crippen molar-refractivity contribution in [2.75, 3.05) is 19.6 Å². The minimum atomic E-state index is -0.0345. The van der Waals surface area contributed by atoms with Gasteiger partial charge in [0.1, 0.15) is 0 Å². The van der Waals surface area contributed by atoms with Gasteiger partial charge in [-0.3, -0.25) is 9.78 Å². The van der Waals surface area contributed by atoms with Crippen LogP contribution in [-0.2, 0) is 0 Å².